The number of hydrogen-bond acceptors (Lipinski definition) is 6. The van der Waals surface area contributed by atoms with Crippen LogP contribution in [0.5, 0.6) is 0 Å². The van der Waals surface area contributed by atoms with E-state index in [9.17, 15) is 14.7 Å². The van der Waals surface area contributed by atoms with Gasteiger partial charge in [-0.1, -0.05) is 55.0 Å². The van der Waals surface area contributed by atoms with E-state index >= 15 is 0 Å². The highest BCUT2D eigenvalue weighted by molar-refractivity contribution is 5.88. The zero-order chi connectivity index (χ0) is 24.0. The molecule has 0 radical (unpaired) electrons. The topological polar surface area (TPSA) is 102 Å². The maximum atomic E-state index is 13.2. The fraction of sp³-hybridized carbons (Fsp3) is 0.462. The van der Waals surface area contributed by atoms with Gasteiger partial charge in [0, 0.05) is 5.92 Å². The number of aliphatic hydroxyl groups excluding tert-OH is 1. The summed E-state index contributed by atoms with van der Waals surface area (Å²) in [4.78, 5) is 27.0. The van der Waals surface area contributed by atoms with Gasteiger partial charge in [-0.2, -0.15) is 0 Å². The number of ether oxygens (including phenoxy) is 2. The molecule has 7 heteroatoms. The Labute approximate surface area is 195 Å². The molecule has 0 saturated carbocycles. The molecule has 1 aliphatic rings. The smallest absolute Gasteiger partial charge is 0.420 e. The van der Waals surface area contributed by atoms with Crippen LogP contribution in [0.3, 0.4) is 0 Å². The van der Waals surface area contributed by atoms with E-state index in [1.807, 2.05) is 36.4 Å². The molecule has 0 bridgehead atoms. The number of imide groups is 1. The summed E-state index contributed by atoms with van der Waals surface area (Å²) in [5.41, 5.74) is 9.17. The summed E-state index contributed by atoms with van der Waals surface area (Å²) in [5, 5.41) is 9.94. The number of unbranched alkanes of at least 4 members (excludes halogenated alkanes) is 1. The lowest BCUT2D eigenvalue weighted by atomic mass is 9.98. The molecule has 2 aromatic rings. The molecule has 0 saturated heterocycles. The van der Waals surface area contributed by atoms with Crippen LogP contribution < -0.4 is 5.73 Å². The third-order valence-corrected chi connectivity index (χ3v) is 5.69. The number of rotatable bonds is 8. The summed E-state index contributed by atoms with van der Waals surface area (Å²) in [6.07, 6.45) is 0.155. The number of nitrogens with zero attached hydrogens (tertiary/aromatic N) is 1. The molecule has 1 aliphatic carbocycles. The summed E-state index contributed by atoms with van der Waals surface area (Å²) in [5.74, 6) is -0.133. The minimum absolute atomic E-state index is 0.0765. The molecule has 178 valence electrons. The van der Waals surface area contributed by atoms with Crippen LogP contribution in [-0.4, -0.2) is 53.6 Å². The molecule has 0 spiro atoms. The lowest BCUT2D eigenvalue weighted by Gasteiger charge is -2.31. The quantitative estimate of drug-likeness (QED) is 0.563. The summed E-state index contributed by atoms with van der Waals surface area (Å²) in [6.45, 7) is 5.37. The van der Waals surface area contributed by atoms with Crippen LogP contribution in [0, 0.1) is 0 Å². The molecule has 2 aromatic carbocycles. The number of carbonyl (C=O) groups excluding carboxylic acids is 2. The third-order valence-electron chi connectivity index (χ3n) is 5.69. The molecule has 33 heavy (non-hydrogen) atoms. The Kier molecular flexibility index (Phi) is 8.10. The average Bonchev–Trinajstić information content (AvgIpc) is 3.09. The van der Waals surface area contributed by atoms with E-state index in [2.05, 4.69) is 12.1 Å². The highest BCUT2D eigenvalue weighted by Crippen LogP contribution is 2.44. The fourth-order valence-electron chi connectivity index (χ4n) is 4.17. The van der Waals surface area contributed by atoms with Crippen LogP contribution in [0.2, 0.25) is 0 Å². The molecule has 0 aliphatic heterocycles. The third kappa shape index (κ3) is 5.92. The lowest BCUT2D eigenvalue weighted by Crippen LogP contribution is -2.49. The van der Waals surface area contributed by atoms with E-state index in [1.54, 1.807) is 20.8 Å². The monoisotopic (exact) mass is 454 g/mol. The number of fused-ring (bicyclic) bond motifs is 3. The van der Waals surface area contributed by atoms with Crippen molar-refractivity contribution in [1.82, 2.24) is 4.90 Å². The number of aliphatic hydroxyl groups is 1. The van der Waals surface area contributed by atoms with Gasteiger partial charge in [-0.15, -0.1) is 0 Å². The Balaban J connectivity index is 1.80. The predicted octanol–water partition coefficient (Wildman–Crippen LogP) is 4.66. The second-order valence-corrected chi connectivity index (χ2v) is 9.28. The van der Waals surface area contributed by atoms with Crippen molar-refractivity contribution in [2.24, 2.45) is 5.73 Å². The maximum Gasteiger partial charge on any atom is 0.420 e. The first kappa shape index (κ1) is 24.7. The largest absolute Gasteiger partial charge is 0.448 e. The molecule has 3 rings (SSSR count). The molecule has 0 aromatic heterocycles. The van der Waals surface area contributed by atoms with Crippen molar-refractivity contribution in [3.8, 4) is 11.1 Å². The Hall–Kier alpha value is -2.90. The van der Waals surface area contributed by atoms with Gasteiger partial charge >= 0.3 is 12.2 Å². The Morgan fingerprint density at radius 1 is 1.00 bits per heavy atom. The van der Waals surface area contributed by atoms with Gasteiger partial charge in [0.15, 0.2) is 0 Å². The minimum Gasteiger partial charge on any atom is -0.448 e. The van der Waals surface area contributed by atoms with Crippen LogP contribution in [0.4, 0.5) is 9.59 Å². The van der Waals surface area contributed by atoms with Gasteiger partial charge in [-0.25, -0.2) is 14.5 Å². The second-order valence-electron chi connectivity index (χ2n) is 9.28. The van der Waals surface area contributed by atoms with E-state index in [-0.39, 0.29) is 19.1 Å². The van der Waals surface area contributed by atoms with Gasteiger partial charge in [-0.3, -0.25) is 0 Å². The molecule has 7 nitrogen and oxygen atoms in total. The van der Waals surface area contributed by atoms with Crippen LogP contribution >= 0.6 is 0 Å². The van der Waals surface area contributed by atoms with Crippen molar-refractivity contribution in [2.75, 3.05) is 19.8 Å². The fourth-order valence-corrected chi connectivity index (χ4v) is 4.17. The first-order valence-electron chi connectivity index (χ1n) is 11.4. The second kappa shape index (κ2) is 10.8. The van der Waals surface area contributed by atoms with Crippen LogP contribution in [0.25, 0.3) is 11.1 Å². The van der Waals surface area contributed by atoms with Gasteiger partial charge in [0.05, 0.1) is 12.6 Å². The Morgan fingerprint density at radius 2 is 1.58 bits per heavy atom. The molecule has 0 unspecified atom stereocenters. The number of carbonyl (C=O) groups is 2. The van der Waals surface area contributed by atoms with Crippen molar-refractivity contribution < 1.29 is 24.2 Å². The summed E-state index contributed by atoms with van der Waals surface area (Å²) in [6, 6.07) is 15.3. The van der Waals surface area contributed by atoms with Gasteiger partial charge in [0.25, 0.3) is 0 Å². The van der Waals surface area contributed by atoms with Crippen molar-refractivity contribution in [3.05, 3.63) is 59.7 Å². The molecular formula is C26H34N2O5. The van der Waals surface area contributed by atoms with Crippen LogP contribution in [-0.2, 0) is 9.47 Å². The van der Waals surface area contributed by atoms with Crippen molar-refractivity contribution in [2.45, 2.75) is 57.6 Å². The zero-order valence-corrected chi connectivity index (χ0v) is 19.6. The lowest BCUT2D eigenvalue weighted by molar-refractivity contribution is 0.00541. The number of hydrogen-bond donors (Lipinski definition) is 2. The van der Waals surface area contributed by atoms with Gasteiger partial charge in [0.2, 0.25) is 0 Å². The molecule has 3 N–H and O–H groups in total. The predicted molar refractivity (Wildman–Crippen MR) is 127 cm³/mol. The standard InChI is InChI=1S/C26H34N2O5/c1-26(2,3)33-25(31)28(18(16-29)10-8-9-15-27)24(30)32-17-23-21-13-6-4-11-19(21)20-12-5-7-14-22(20)23/h4-7,11-14,18,23,29H,8-10,15-17,27H2,1-3H3/t18-/m0/s1. The van der Waals surface area contributed by atoms with Crippen LogP contribution in [0.1, 0.15) is 57.1 Å². The molecule has 0 heterocycles. The van der Waals surface area contributed by atoms with Gasteiger partial charge in [-0.05, 0) is 62.4 Å². The maximum absolute atomic E-state index is 13.2. The number of benzene rings is 2. The van der Waals surface area contributed by atoms with E-state index in [0.717, 1.165) is 33.6 Å². The van der Waals surface area contributed by atoms with Crippen LogP contribution in [0.15, 0.2) is 48.5 Å². The highest BCUT2D eigenvalue weighted by atomic mass is 16.6. The van der Waals surface area contributed by atoms with Crippen molar-refractivity contribution in [3.63, 3.8) is 0 Å². The normalized spacial score (nSPS) is 13.7. The minimum atomic E-state index is -0.827. The molecule has 2 amide bonds. The Bertz CT molecular complexity index is 924. The highest BCUT2D eigenvalue weighted by Gasteiger charge is 2.36. The van der Waals surface area contributed by atoms with E-state index < -0.39 is 23.8 Å². The first-order chi connectivity index (χ1) is 15.8. The SMILES string of the molecule is CC(C)(C)OC(=O)N(C(=O)OCC1c2ccccc2-c2ccccc21)[C@H](CO)CCCCN. The van der Waals surface area contributed by atoms with E-state index in [4.69, 9.17) is 15.2 Å². The summed E-state index contributed by atoms with van der Waals surface area (Å²) >= 11 is 0. The number of nitrogens with two attached hydrogens (primary N) is 1. The zero-order valence-electron chi connectivity index (χ0n) is 19.6. The van der Waals surface area contributed by atoms with Gasteiger partial charge in [0.1, 0.15) is 12.2 Å². The molecule has 0 fully saturated rings. The Morgan fingerprint density at radius 3 is 2.09 bits per heavy atom. The number of amides is 2. The van der Waals surface area contributed by atoms with E-state index in [0.29, 0.717) is 19.4 Å². The summed E-state index contributed by atoms with van der Waals surface area (Å²) < 4.78 is 11.1. The summed E-state index contributed by atoms with van der Waals surface area (Å²) in [7, 11) is 0. The molecular weight excluding hydrogens is 420 g/mol. The van der Waals surface area contributed by atoms with Gasteiger partial charge < -0.3 is 20.3 Å². The first-order valence-corrected chi connectivity index (χ1v) is 11.4. The average molecular weight is 455 g/mol. The van der Waals surface area contributed by atoms with E-state index in [1.165, 1.54) is 0 Å². The van der Waals surface area contributed by atoms with Crippen molar-refractivity contribution >= 4 is 12.2 Å². The van der Waals surface area contributed by atoms with Crippen molar-refractivity contribution in [1.29, 1.82) is 0 Å². The molecule has 1 atom stereocenters.